The summed E-state index contributed by atoms with van der Waals surface area (Å²) >= 11 is 5.01. The van der Waals surface area contributed by atoms with Crippen LogP contribution < -0.4 is 5.32 Å². The molecule has 2 atom stereocenters. The molecule has 0 saturated carbocycles. The van der Waals surface area contributed by atoms with Crippen LogP contribution in [0.1, 0.15) is 25.1 Å². The molecule has 0 aliphatic heterocycles. The molecule has 0 unspecified atom stereocenters. The van der Waals surface area contributed by atoms with Gasteiger partial charge in [-0.1, -0.05) is 20.3 Å². The summed E-state index contributed by atoms with van der Waals surface area (Å²) in [5, 5.41) is 12.2. The second kappa shape index (κ2) is 6.37. The highest BCUT2D eigenvalue weighted by atomic mass is 79.9. The summed E-state index contributed by atoms with van der Waals surface area (Å²) in [5.41, 5.74) is 0. The van der Waals surface area contributed by atoms with E-state index < -0.39 is 12.0 Å². The quantitative estimate of drug-likeness (QED) is 0.849. The van der Waals surface area contributed by atoms with Crippen LogP contribution >= 0.6 is 27.3 Å². The molecular formula is C11H16BrNO2S. The van der Waals surface area contributed by atoms with E-state index in [1.54, 1.807) is 11.3 Å². The van der Waals surface area contributed by atoms with Crippen molar-refractivity contribution in [2.45, 2.75) is 32.9 Å². The standard InChI is InChI=1S/C11H16BrNO2S/c1-3-7(2)10(11(14)15)13-6-8-4-5-9(12)16-8/h4-5,7,10,13H,3,6H2,1-2H3,(H,14,15)/t7-,10-/m0/s1. The molecule has 0 bridgehead atoms. The van der Waals surface area contributed by atoms with E-state index in [1.807, 2.05) is 26.0 Å². The van der Waals surface area contributed by atoms with Crippen molar-refractivity contribution in [3.63, 3.8) is 0 Å². The number of carbonyl (C=O) groups is 1. The Labute approximate surface area is 108 Å². The fourth-order valence-electron chi connectivity index (χ4n) is 1.42. The Morgan fingerprint density at radius 3 is 2.75 bits per heavy atom. The van der Waals surface area contributed by atoms with E-state index >= 15 is 0 Å². The third kappa shape index (κ3) is 3.88. The van der Waals surface area contributed by atoms with Crippen molar-refractivity contribution in [2.24, 2.45) is 5.92 Å². The van der Waals surface area contributed by atoms with Gasteiger partial charge in [-0.05, 0) is 34.0 Å². The molecule has 1 heterocycles. The molecule has 1 rings (SSSR count). The van der Waals surface area contributed by atoms with E-state index in [-0.39, 0.29) is 5.92 Å². The average molecular weight is 306 g/mol. The molecule has 90 valence electrons. The Morgan fingerprint density at radius 2 is 2.31 bits per heavy atom. The maximum atomic E-state index is 11.1. The predicted molar refractivity (Wildman–Crippen MR) is 69.7 cm³/mol. The molecule has 0 radical (unpaired) electrons. The van der Waals surface area contributed by atoms with E-state index in [4.69, 9.17) is 5.11 Å². The lowest BCUT2D eigenvalue weighted by Crippen LogP contribution is -2.41. The molecule has 0 aliphatic carbocycles. The van der Waals surface area contributed by atoms with E-state index in [2.05, 4.69) is 21.2 Å². The summed E-state index contributed by atoms with van der Waals surface area (Å²) in [5.74, 6) is -0.633. The Bertz CT molecular complexity index is 354. The zero-order chi connectivity index (χ0) is 12.1. The first kappa shape index (κ1) is 13.7. The molecule has 0 spiro atoms. The number of aliphatic carboxylic acids is 1. The van der Waals surface area contributed by atoms with Crippen molar-refractivity contribution >= 4 is 33.2 Å². The molecule has 16 heavy (non-hydrogen) atoms. The Kier molecular flexibility index (Phi) is 5.44. The smallest absolute Gasteiger partial charge is 0.320 e. The highest BCUT2D eigenvalue weighted by molar-refractivity contribution is 9.11. The molecule has 2 N–H and O–H groups in total. The van der Waals surface area contributed by atoms with Crippen molar-refractivity contribution in [3.05, 3.63) is 20.8 Å². The summed E-state index contributed by atoms with van der Waals surface area (Å²) < 4.78 is 1.07. The maximum absolute atomic E-state index is 11.1. The molecule has 1 aromatic rings. The van der Waals surface area contributed by atoms with E-state index in [0.29, 0.717) is 6.54 Å². The van der Waals surface area contributed by atoms with Crippen molar-refractivity contribution in [2.75, 3.05) is 0 Å². The van der Waals surface area contributed by atoms with Crippen LogP contribution in [0.4, 0.5) is 0 Å². The largest absolute Gasteiger partial charge is 0.480 e. The zero-order valence-corrected chi connectivity index (χ0v) is 11.8. The van der Waals surface area contributed by atoms with E-state index in [9.17, 15) is 4.79 Å². The van der Waals surface area contributed by atoms with Crippen molar-refractivity contribution in [3.8, 4) is 0 Å². The van der Waals surface area contributed by atoms with Gasteiger partial charge >= 0.3 is 5.97 Å². The fraction of sp³-hybridized carbons (Fsp3) is 0.545. The van der Waals surface area contributed by atoms with Crippen LogP contribution in [0.2, 0.25) is 0 Å². The highest BCUT2D eigenvalue weighted by Gasteiger charge is 2.22. The van der Waals surface area contributed by atoms with Crippen molar-refractivity contribution in [1.82, 2.24) is 5.32 Å². The van der Waals surface area contributed by atoms with Crippen LogP contribution in [0.5, 0.6) is 0 Å². The first-order chi connectivity index (χ1) is 7.54. The van der Waals surface area contributed by atoms with Crippen LogP contribution in [-0.4, -0.2) is 17.1 Å². The van der Waals surface area contributed by atoms with Gasteiger partial charge in [0.1, 0.15) is 6.04 Å². The van der Waals surface area contributed by atoms with Gasteiger partial charge in [-0.3, -0.25) is 10.1 Å². The van der Waals surface area contributed by atoms with Crippen LogP contribution in [0.25, 0.3) is 0 Å². The summed E-state index contributed by atoms with van der Waals surface area (Å²) in [7, 11) is 0. The number of rotatable bonds is 6. The normalized spacial score (nSPS) is 14.7. The zero-order valence-electron chi connectivity index (χ0n) is 9.37. The molecule has 0 amide bonds. The minimum Gasteiger partial charge on any atom is -0.480 e. The van der Waals surface area contributed by atoms with Gasteiger partial charge in [0.25, 0.3) is 0 Å². The van der Waals surface area contributed by atoms with Crippen molar-refractivity contribution < 1.29 is 9.90 Å². The number of carboxylic acid groups (broad SMARTS) is 1. The molecule has 0 aromatic carbocycles. The lowest BCUT2D eigenvalue weighted by atomic mass is 9.99. The number of hydrogen-bond acceptors (Lipinski definition) is 3. The first-order valence-electron chi connectivity index (χ1n) is 5.25. The number of hydrogen-bond donors (Lipinski definition) is 2. The van der Waals surface area contributed by atoms with Gasteiger partial charge in [-0.15, -0.1) is 11.3 Å². The molecule has 0 fully saturated rings. The number of thiophene rings is 1. The van der Waals surface area contributed by atoms with Gasteiger partial charge in [-0.2, -0.15) is 0 Å². The van der Waals surface area contributed by atoms with Gasteiger partial charge in [-0.25, -0.2) is 0 Å². The second-order valence-electron chi connectivity index (χ2n) is 3.79. The van der Waals surface area contributed by atoms with Crippen LogP contribution in [0, 0.1) is 5.92 Å². The van der Waals surface area contributed by atoms with E-state index in [1.165, 1.54) is 0 Å². The monoisotopic (exact) mass is 305 g/mol. The summed E-state index contributed by atoms with van der Waals surface area (Å²) in [6, 6.07) is 3.50. The molecular weight excluding hydrogens is 290 g/mol. The minimum absolute atomic E-state index is 0.140. The fourth-order valence-corrected chi connectivity index (χ4v) is 2.86. The van der Waals surface area contributed by atoms with Crippen LogP contribution in [-0.2, 0) is 11.3 Å². The SMILES string of the molecule is CC[C@H](C)[C@H](NCc1ccc(Br)s1)C(=O)O. The molecule has 0 saturated heterocycles. The summed E-state index contributed by atoms with van der Waals surface area (Å²) in [6.07, 6.45) is 0.859. The van der Waals surface area contributed by atoms with Gasteiger partial charge in [0, 0.05) is 11.4 Å². The maximum Gasteiger partial charge on any atom is 0.320 e. The minimum atomic E-state index is -0.773. The predicted octanol–water partition coefficient (Wildman–Crippen LogP) is 3.10. The van der Waals surface area contributed by atoms with Gasteiger partial charge in [0.05, 0.1) is 3.79 Å². The van der Waals surface area contributed by atoms with Gasteiger partial charge < -0.3 is 5.11 Å². The molecule has 1 aromatic heterocycles. The first-order valence-corrected chi connectivity index (χ1v) is 6.86. The lowest BCUT2D eigenvalue weighted by molar-refractivity contribution is -0.140. The highest BCUT2D eigenvalue weighted by Crippen LogP contribution is 2.22. The lowest BCUT2D eigenvalue weighted by Gasteiger charge is -2.19. The Morgan fingerprint density at radius 1 is 1.62 bits per heavy atom. The molecule has 0 aliphatic rings. The summed E-state index contributed by atoms with van der Waals surface area (Å²) in [6.45, 7) is 4.57. The number of carboxylic acids is 1. The summed E-state index contributed by atoms with van der Waals surface area (Å²) in [4.78, 5) is 12.2. The number of nitrogens with one attached hydrogen (secondary N) is 1. The third-order valence-corrected chi connectivity index (χ3v) is 4.23. The Balaban J connectivity index is 2.53. The van der Waals surface area contributed by atoms with Crippen LogP contribution in [0.15, 0.2) is 15.9 Å². The third-order valence-electron chi connectivity index (χ3n) is 2.60. The molecule has 5 heteroatoms. The Hall–Kier alpha value is -0.390. The number of halogens is 1. The van der Waals surface area contributed by atoms with Gasteiger partial charge in [0.15, 0.2) is 0 Å². The molecule has 3 nitrogen and oxygen atoms in total. The second-order valence-corrected chi connectivity index (χ2v) is 6.34. The topological polar surface area (TPSA) is 49.3 Å². The van der Waals surface area contributed by atoms with E-state index in [0.717, 1.165) is 15.1 Å². The van der Waals surface area contributed by atoms with Gasteiger partial charge in [0.2, 0.25) is 0 Å². The average Bonchev–Trinajstić information content (AvgIpc) is 2.63. The van der Waals surface area contributed by atoms with Crippen molar-refractivity contribution in [1.29, 1.82) is 0 Å². The van der Waals surface area contributed by atoms with Crippen LogP contribution in [0.3, 0.4) is 0 Å².